The molecule has 0 radical (unpaired) electrons. The van der Waals surface area contributed by atoms with Gasteiger partial charge < -0.3 is 14.6 Å². The Bertz CT molecular complexity index is 463. The standard InChI is InChI=1S/C23H40O5/c1-16(2)8-4-6-10-18(24)11-7-5-9-17(3)23(19-12-14-21(25)27-19)20-13-15-22(26)28-20/h16-20,23-24H,4-15H2,1-3H3. The maximum Gasteiger partial charge on any atom is 0.306 e. The van der Waals surface area contributed by atoms with Crippen molar-refractivity contribution in [1.82, 2.24) is 0 Å². The molecule has 5 heteroatoms. The molecule has 1 N–H and O–H groups in total. The molecule has 2 saturated heterocycles. The third-order valence-corrected chi connectivity index (χ3v) is 6.36. The average Bonchev–Trinajstić information content (AvgIpc) is 3.24. The molecular weight excluding hydrogens is 356 g/mol. The van der Waals surface area contributed by atoms with Gasteiger partial charge in [-0.2, -0.15) is 0 Å². The lowest BCUT2D eigenvalue weighted by molar-refractivity contribution is -0.151. The number of unbranched alkanes of at least 4 members (excludes halogenated alkanes) is 2. The number of cyclic esters (lactones) is 2. The Labute approximate surface area is 170 Å². The zero-order valence-electron chi connectivity index (χ0n) is 18.0. The molecule has 0 amide bonds. The molecule has 0 bridgehead atoms. The van der Waals surface area contributed by atoms with Crippen molar-refractivity contribution in [3.8, 4) is 0 Å². The number of hydrogen-bond acceptors (Lipinski definition) is 5. The van der Waals surface area contributed by atoms with Crippen LogP contribution in [0.5, 0.6) is 0 Å². The first-order chi connectivity index (χ1) is 13.4. The first-order valence-electron chi connectivity index (χ1n) is 11.4. The van der Waals surface area contributed by atoms with Crippen molar-refractivity contribution in [2.75, 3.05) is 0 Å². The molecule has 2 fully saturated rings. The van der Waals surface area contributed by atoms with Crippen LogP contribution < -0.4 is 0 Å². The fourth-order valence-electron chi connectivity index (χ4n) is 4.72. The molecule has 2 heterocycles. The highest BCUT2D eigenvalue weighted by molar-refractivity contribution is 5.72. The van der Waals surface area contributed by atoms with E-state index in [4.69, 9.17) is 9.47 Å². The second-order valence-electron chi connectivity index (χ2n) is 9.31. The first-order valence-corrected chi connectivity index (χ1v) is 11.4. The van der Waals surface area contributed by atoms with Crippen molar-refractivity contribution >= 4 is 11.9 Å². The predicted molar refractivity (Wildman–Crippen MR) is 109 cm³/mol. The van der Waals surface area contributed by atoms with Gasteiger partial charge in [0.25, 0.3) is 0 Å². The number of esters is 2. The van der Waals surface area contributed by atoms with E-state index >= 15 is 0 Å². The van der Waals surface area contributed by atoms with Gasteiger partial charge in [0.05, 0.1) is 6.10 Å². The predicted octanol–water partition coefficient (Wildman–Crippen LogP) is 4.79. The lowest BCUT2D eigenvalue weighted by Crippen LogP contribution is -2.36. The summed E-state index contributed by atoms with van der Waals surface area (Å²) in [4.78, 5) is 23.2. The Hall–Kier alpha value is -1.10. The summed E-state index contributed by atoms with van der Waals surface area (Å²) < 4.78 is 11.1. The second-order valence-corrected chi connectivity index (χ2v) is 9.31. The largest absolute Gasteiger partial charge is 0.462 e. The van der Waals surface area contributed by atoms with Crippen molar-refractivity contribution < 1.29 is 24.2 Å². The van der Waals surface area contributed by atoms with Gasteiger partial charge in [0.1, 0.15) is 12.2 Å². The van der Waals surface area contributed by atoms with Crippen LogP contribution in [0.3, 0.4) is 0 Å². The monoisotopic (exact) mass is 396 g/mol. The summed E-state index contributed by atoms with van der Waals surface area (Å²) in [7, 11) is 0. The Morgan fingerprint density at radius 2 is 1.29 bits per heavy atom. The van der Waals surface area contributed by atoms with Crippen LogP contribution in [-0.4, -0.2) is 35.4 Å². The van der Waals surface area contributed by atoms with Crippen LogP contribution in [0.4, 0.5) is 0 Å². The maximum absolute atomic E-state index is 11.6. The van der Waals surface area contributed by atoms with Crippen LogP contribution in [-0.2, 0) is 19.1 Å². The zero-order valence-corrected chi connectivity index (χ0v) is 18.0. The average molecular weight is 397 g/mol. The SMILES string of the molecule is CC(C)CCCCC(O)CCCCC(C)C(C1CCC(=O)O1)C1CCC(=O)O1. The fraction of sp³-hybridized carbons (Fsp3) is 0.913. The van der Waals surface area contributed by atoms with Gasteiger partial charge in [-0.1, -0.05) is 59.3 Å². The van der Waals surface area contributed by atoms with E-state index in [2.05, 4.69) is 20.8 Å². The molecular formula is C23H40O5. The molecule has 0 spiro atoms. The quantitative estimate of drug-likeness (QED) is 0.358. The Kier molecular flexibility index (Phi) is 9.76. The third kappa shape index (κ3) is 7.73. The highest BCUT2D eigenvalue weighted by Gasteiger charge is 2.42. The first kappa shape index (κ1) is 23.2. The minimum absolute atomic E-state index is 0.0962. The minimum atomic E-state index is -0.190. The topological polar surface area (TPSA) is 72.8 Å². The molecule has 0 aliphatic carbocycles. The number of aliphatic hydroxyl groups excluding tert-OH is 1. The molecule has 0 aromatic carbocycles. The highest BCUT2D eigenvalue weighted by atomic mass is 16.6. The summed E-state index contributed by atoms with van der Waals surface area (Å²) >= 11 is 0. The van der Waals surface area contributed by atoms with Gasteiger partial charge in [0, 0.05) is 18.8 Å². The van der Waals surface area contributed by atoms with Crippen molar-refractivity contribution in [3.63, 3.8) is 0 Å². The summed E-state index contributed by atoms with van der Waals surface area (Å²) in [6.07, 6.45) is 10.3. The molecule has 4 unspecified atom stereocenters. The summed E-state index contributed by atoms with van der Waals surface area (Å²) in [5.41, 5.74) is 0. The van der Waals surface area contributed by atoms with E-state index in [0.29, 0.717) is 18.8 Å². The Morgan fingerprint density at radius 1 is 0.821 bits per heavy atom. The van der Waals surface area contributed by atoms with Crippen molar-refractivity contribution in [1.29, 1.82) is 0 Å². The molecule has 28 heavy (non-hydrogen) atoms. The van der Waals surface area contributed by atoms with Gasteiger partial charge in [-0.25, -0.2) is 0 Å². The molecule has 162 valence electrons. The van der Waals surface area contributed by atoms with E-state index in [9.17, 15) is 14.7 Å². The van der Waals surface area contributed by atoms with Crippen LogP contribution in [0.1, 0.15) is 97.8 Å². The lowest BCUT2D eigenvalue weighted by Gasteiger charge is -2.32. The molecule has 2 aliphatic rings. The summed E-state index contributed by atoms with van der Waals surface area (Å²) in [5.74, 6) is 0.901. The van der Waals surface area contributed by atoms with Crippen LogP contribution in [0.25, 0.3) is 0 Å². The van der Waals surface area contributed by atoms with Crippen molar-refractivity contribution in [2.45, 2.75) is 116 Å². The van der Waals surface area contributed by atoms with Gasteiger partial charge in [0.2, 0.25) is 0 Å². The molecule has 0 aromatic rings. The van der Waals surface area contributed by atoms with E-state index < -0.39 is 0 Å². The normalized spacial score (nSPS) is 25.6. The number of carbonyl (C=O) groups excluding carboxylic acids is 2. The molecule has 5 nitrogen and oxygen atoms in total. The van der Waals surface area contributed by atoms with Crippen LogP contribution in [0.2, 0.25) is 0 Å². The molecule has 0 saturated carbocycles. The Morgan fingerprint density at radius 3 is 1.71 bits per heavy atom. The number of rotatable bonds is 13. The number of ether oxygens (including phenoxy) is 2. The summed E-state index contributed by atoms with van der Waals surface area (Å²) in [5, 5.41) is 10.2. The highest BCUT2D eigenvalue weighted by Crippen LogP contribution is 2.37. The van der Waals surface area contributed by atoms with Gasteiger partial charge in [-0.05, 0) is 37.5 Å². The van der Waals surface area contributed by atoms with E-state index in [1.165, 1.54) is 12.8 Å². The number of aliphatic hydroxyl groups is 1. The fourth-order valence-corrected chi connectivity index (χ4v) is 4.72. The second kappa shape index (κ2) is 11.8. The molecule has 4 atom stereocenters. The van der Waals surface area contributed by atoms with E-state index in [-0.39, 0.29) is 36.2 Å². The molecule has 2 aliphatic heterocycles. The summed E-state index contributed by atoms with van der Waals surface area (Å²) in [6, 6.07) is 0. The smallest absolute Gasteiger partial charge is 0.306 e. The van der Waals surface area contributed by atoms with Crippen LogP contribution in [0.15, 0.2) is 0 Å². The van der Waals surface area contributed by atoms with Gasteiger partial charge in [0.15, 0.2) is 0 Å². The number of carbonyl (C=O) groups is 2. The van der Waals surface area contributed by atoms with Crippen molar-refractivity contribution in [3.05, 3.63) is 0 Å². The zero-order chi connectivity index (χ0) is 20.5. The van der Waals surface area contributed by atoms with E-state index in [0.717, 1.165) is 57.3 Å². The van der Waals surface area contributed by atoms with Gasteiger partial charge >= 0.3 is 11.9 Å². The molecule has 0 aromatic heterocycles. The van der Waals surface area contributed by atoms with Crippen LogP contribution in [0, 0.1) is 17.8 Å². The maximum atomic E-state index is 11.6. The van der Waals surface area contributed by atoms with Crippen LogP contribution >= 0.6 is 0 Å². The van der Waals surface area contributed by atoms with E-state index in [1.807, 2.05) is 0 Å². The Balaban J connectivity index is 1.70. The van der Waals surface area contributed by atoms with E-state index in [1.54, 1.807) is 0 Å². The summed E-state index contributed by atoms with van der Waals surface area (Å²) in [6.45, 7) is 6.67. The number of hydrogen-bond donors (Lipinski definition) is 1. The van der Waals surface area contributed by atoms with Gasteiger partial charge in [-0.15, -0.1) is 0 Å². The lowest BCUT2D eigenvalue weighted by atomic mass is 9.79. The van der Waals surface area contributed by atoms with Crippen molar-refractivity contribution in [2.24, 2.45) is 17.8 Å². The third-order valence-electron chi connectivity index (χ3n) is 6.36. The minimum Gasteiger partial charge on any atom is -0.462 e. The molecule has 2 rings (SSSR count). The van der Waals surface area contributed by atoms with Gasteiger partial charge in [-0.3, -0.25) is 9.59 Å².